The van der Waals surface area contributed by atoms with Crippen LogP contribution in [0.1, 0.15) is 151 Å². The molecule has 112 heavy (non-hydrogen) atoms. The minimum absolute atomic E-state index is 0.0964. The number of ether oxygens (including phenoxy) is 1. The van der Waals surface area contributed by atoms with E-state index in [4.69, 9.17) is 55.7 Å². The van der Waals surface area contributed by atoms with E-state index in [1.807, 2.05) is 137 Å². The fourth-order valence-electron chi connectivity index (χ4n) is 13.8. The van der Waals surface area contributed by atoms with Crippen molar-refractivity contribution in [1.82, 2.24) is 101 Å². The number of hydrogen-bond acceptors (Lipinski definition) is 14. The highest BCUT2D eigenvalue weighted by Gasteiger charge is 2.49. The van der Waals surface area contributed by atoms with Crippen LogP contribution in [0.25, 0.3) is 54.5 Å². The lowest BCUT2D eigenvalue weighted by Gasteiger charge is -2.41. The second kappa shape index (κ2) is 30.7. The largest absolute Gasteiger partial charge is 0.508 e. The number of rotatable bonds is 16. The monoisotopic (exact) mass is 1590 g/mol. The number of aromatic hydroxyl groups is 1. The molecule has 10 aromatic heterocycles. The lowest BCUT2D eigenvalue weighted by atomic mass is 9.73. The van der Waals surface area contributed by atoms with Crippen molar-refractivity contribution < 1.29 is 38.3 Å². The van der Waals surface area contributed by atoms with Crippen molar-refractivity contribution in [2.75, 3.05) is 13.2 Å². The Morgan fingerprint density at radius 2 is 0.804 bits per heavy atom. The first kappa shape index (κ1) is 75.5. The van der Waals surface area contributed by atoms with Crippen LogP contribution in [-0.2, 0) is 54.6 Å². The molecule has 3 aliphatic carbocycles. The summed E-state index contributed by atoms with van der Waals surface area (Å²) in [5, 5.41) is 52.6. The predicted octanol–water partition coefficient (Wildman–Crippen LogP) is 14.1. The number of halogens is 4. The number of fused-ring (bicyclic) bond motifs is 5. The molecule has 11 N–H and O–H groups in total. The second-order valence-electron chi connectivity index (χ2n) is 28.8. The molecule has 0 radical (unpaired) electrons. The van der Waals surface area contributed by atoms with Gasteiger partial charge >= 0.3 is 0 Å². The number of amides is 5. The number of nitrogens with one attached hydrogen (secondary N) is 10. The van der Waals surface area contributed by atoms with Gasteiger partial charge in [-0.05, 0) is 180 Å². The number of carbonyl (C=O) groups is 5. The van der Waals surface area contributed by atoms with Gasteiger partial charge in [-0.25, -0.2) is 0 Å². The number of hydrogen-bond donors (Lipinski definition) is 11. The summed E-state index contributed by atoms with van der Waals surface area (Å²) < 4.78 is 17.3. The van der Waals surface area contributed by atoms with Gasteiger partial charge in [0, 0.05) is 156 Å². The quantitative estimate of drug-likeness (QED) is 0.0428. The molecule has 4 fully saturated rings. The summed E-state index contributed by atoms with van der Waals surface area (Å²) in [7, 11) is 5.60. The Bertz CT molecular complexity index is 5900. The van der Waals surface area contributed by atoms with E-state index in [1.165, 1.54) is 0 Å². The minimum Gasteiger partial charge on any atom is -0.508 e. The number of aromatic nitrogens is 15. The lowest BCUT2D eigenvalue weighted by Crippen LogP contribution is -2.59. The van der Waals surface area contributed by atoms with Crippen LogP contribution in [0, 0.1) is 6.92 Å². The molecule has 32 heteroatoms. The Labute approximate surface area is 659 Å². The summed E-state index contributed by atoms with van der Waals surface area (Å²) in [5.74, 6) is 0.345. The fraction of sp³-hybridized carbons (Fsp3) is 0.263. The molecule has 15 aromatic rings. The van der Waals surface area contributed by atoms with Crippen molar-refractivity contribution in [3.8, 4) is 5.75 Å². The summed E-state index contributed by atoms with van der Waals surface area (Å²) in [6.07, 6.45) is 21.8. The fourth-order valence-corrected chi connectivity index (χ4v) is 14.5. The van der Waals surface area contributed by atoms with Crippen LogP contribution in [0.5, 0.6) is 5.75 Å². The van der Waals surface area contributed by atoms with Gasteiger partial charge in [0.05, 0.1) is 60.7 Å². The lowest BCUT2D eigenvalue weighted by molar-refractivity contribution is -0.0734. The van der Waals surface area contributed by atoms with Crippen LogP contribution in [0.3, 0.4) is 0 Å². The zero-order valence-electron chi connectivity index (χ0n) is 61.6. The molecule has 5 aromatic carbocycles. The maximum atomic E-state index is 12.7. The standard InChI is InChI=1S/2C17H17ClN4O.C16H15ClN4O2.C16H16N4O2.C14H13ClN4O2/c1-22-10-12(9-19-22)17(5-2-6-17)21-16(23)15-8-11-7-13(18)3-4-14(11)20-15;1-2-22-10-12(9-19-22)17(5-6-17)21-16(23)15-8-11-7-13(18)3-4-14(11)20-15;1-21-7-11(6-18-21)16(8-23-9-16)20-15(22)14-5-10-4-12(17)2-3-13(10)19-14;1-20-9-11(8-17-20)16(4-5-16)19-15(22)14-7-10-6-12(21)2-3-13(10)18-14;1-7(13-17-8(2)21-19-13)16-14(20)12-6-9-5-10(15)3-4-11(9)18-12/h2*3-4,7-10,20H,2,5-6H2,1H3,(H,21,23);2-7,19H,8-9H2,1H3,(H,20,22);2-3,6-9,18,21H,4-5H2,1H3,(H,19,22);3-7,18H,1-2H3,(H,16,20). The van der Waals surface area contributed by atoms with Gasteiger partial charge in [-0.1, -0.05) is 51.6 Å². The average Bonchev–Trinajstić information content (AvgIpc) is 1.69. The highest BCUT2D eigenvalue weighted by molar-refractivity contribution is 6.32. The molecule has 574 valence electrons. The number of aryl methyl sites for hydroxylation is 5. The topological polar surface area (TPSA) is 364 Å². The van der Waals surface area contributed by atoms with E-state index in [1.54, 1.807) is 94.9 Å². The Kier molecular flexibility index (Phi) is 20.7. The molecule has 1 saturated heterocycles. The van der Waals surface area contributed by atoms with Crippen LogP contribution >= 0.6 is 46.4 Å². The van der Waals surface area contributed by atoms with E-state index >= 15 is 0 Å². The molecule has 0 bridgehead atoms. The van der Waals surface area contributed by atoms with Gasteiger partial charge < -0.3 is 65.9 Å². The Balaban J connectivity index is 0.000000111. The number of carbonyl (C=O) groups excluding carboxylic acids is 5. The van der Waals surface area contributed by atoms with Crippen LogP contribution in [0.2, 0.25) is 20.1 Å². The number of H-pyrrole nitrogens is 5. The van der Waals surface area contributed by atoms with Gasteiger partial charge in [0.2, 0.25) is 5.89 Å². The number of benzene rings is 5. The zero-order valence-corrected chi connectivity index (χ0v) is 64.6. The third kappa shape index (κ3) is 16.3. The predicted molar refractivity (Wildman–Crippen MR) is 425 cm³/mol. The highest BCUT2D eigenvalue weighted by Crippen LogP contribution is 2.47. The molecule has 3 saturated carbocycles. The Morgan fingerprint density at radius 3 is 1.12 bits per heavy atom. The normalized spacial score (nSPS) is 15.4. The third-order valence-corrected chi connectivity index (χ3v) is 21.5. The molecule has 11 heterocycles. The van der Waals surface area contributed by atoms with Crippen LogP contribution in [0.15, 0.2) is 175 Å². The van der Waals surface area contributed by atoms with Gasteiger partial charge in [0.1, 0.15) is 39.8 Å². The molecule has 1 aliphatic heterocycles. The molecule has 0 spiro atoms. The SMILES string of the molecule is CCn1cc(C2(NC(=O)c3cc4cc(Cl)ccc4[nH]3)CC2)cn1.Cc1nc(C(C)NC(=O)c2cc3cc(Cl)ccc3[nH]2)no1.Cn1cc(C2(NC(=O)c3cc4cc(Cl)ccc4[nH]3)CCC2)cn1.Cn1cc(C2(NC(=O)c3cc4cc(Cl)ccc4[nH]3)COC2)cn1.Cn1cc(C2(NC(=O)c3cc4cc(O)ccc4[nH]3)CC2)cn1. The Morgan fingerprint density at radius 1 is 0.464 bits per heavy atom. The van der Waals surface area contributed by atoms with E-state index in [0.717, 1.165) is 128 Å². The van der Waals surface area contributed by atoms with E-state index in [9.17, 15) is 29.1 Å². The Hall–Kier alpha value is -12.0. The highest BCUT2D eigenvalue weighted by atomic mass is 35.5. The molecular formula is C80H78Cl4N20O8. The molecule has 1 atom stereocenters. The van der Waals surface area contributed by atoms with Crippen LogP contribution in [-0.4, -0.2) is 122 Å². The number of phenols is 1. The first-order valence-electron chi connectivity index (χ1n) is 36.2. The van der Waals surface area contributed by atoms with Crippen molar-refractivity contribution in [2.24, 2.45) is 21.1 Å². The first-order chi connectivity index (χ1) is 53.8. The molecule has 1 unspecified atom stereocenters. The minimum atomic E-state index is -0.514. The third-order valence-electron chi connectivity index (χ3n) is 20.5. The van der Waals surface area contributed by atoms with Gasteiger partial charge in [0.15, 0.2) is 5.82 Å². The summed E-state index contributed by atoms with van der Waals surface area (Å²) in [4.78, 5) is 82.3. The van der Waals surface area contributed by atoms with E-state index in [2.05, 4.69) is 82.0 Å². The van der Waals surface area contributed by atoms with E-state index < -0.39 is 5.54 Å². The number of phenolic OH excluding ortho intramolecular Hbond substituents is 1. The molecular weight excluding hydrogens is 1510 g/mol. The van der Waals surface area contributed by atoms with Crippen molar-refractivity contribution >= 4 is 130 Å². The first-order valence-corrected chi connectivity index (χ1v) is 37.7. The van der Waals surface area contributed by atoms with Crippen molar-refractivity contribution in [2.45, 2.75) is 100 Å². The molecule has 28 nitrogen and oxygen atoms in total. The maximum absolute atomic E-state index is 12.7. The maximum Gasteiger partial charge on any atom is 0.268 e. The van der Waals surface area contributed by atoms with Gasteiger partial charge in [-0.2, -0.15) is 25.4 Å². The van der Waals surface area contributed by atoms with Crippen molar-refractivity contribution in [3.05, 3.63) is 253 Å². The summed E-state index contributed by atoms with van der Waals surface area (Å²) in [6, 6.07) is 35.6. The van der Waals surface area contributed by atoms with Crippen LogP contribution < -0.4 is 26.6 Å². The molecule has 4 aliphatic rings. The summed E-state index contributed by atoms with van der Waals surface area (Å²) >= 11 is 23.9. The zero-order chi connectivity index (χ0) is 78.4. The molecule has 19 rings (SSSR count). The average molecular weight is 1590 g/mol. The number of aromatic amines is 5. The second-order valence-corrected chi connectivity index (χ2v) is 30.5. The van der Waals surface area contributed by atoms with Gasteiger partial charge in [0.25, 0.3) is 29.5 Å². The summed E-state index contributed by atoms with van der Waals surface area (Å²) in [6.45, 7) is 7.25. The van der Waals surface area contributed by atoms with Crippen LogP contribution in [0.4, 0.5) is 0 Å². The van der Waals surface area contributed by atoms with E-state index in [0.29, 0.717) is 73.5 Å². The number of nitrogens with zero attached hydrogens (tertiary/aromatic N) is 10. The smallest absolute Gasteiger partial charge is 0.268 e. The van der Waals surface area contributed by atoms with Gasteiger partial charge in [-0.3, -0.25) is 42.7 Å². The van der Waals surface area contributed by atoms with Gasteiger partial charge in [-0.15, -0.1) is 0 Å². The van der Waals surface area contributed by atoms with Crippen molar-refractivity contribution in [1.29, 1.82) is 0 Å². The summed E-state index contributed by atoms with van der Waals surface area (Å²) in [5.41, 5.74) is 9.70. The van der Waals surface area contributed by atoms with E-state index in [-0.39, 0.29) is 57.9 Å². The van der Waals surface area contributed by atoms with Crippen molar-refractivity contribution in [3.63, 3.8) is 0 Å². The molecule has 5 amide bonds.